The number of ether oxygens (including phenoxy) is 1. The first-order valence-corrected chi connectivity index (χ1v) is 7.38. The third-order valence-corrected chi connectivity index (χ3v) is 5.07. The van der Waals surface area contributed by atoms with Gasteiger partial charge in [0.15, 0.2) is 0 Å². The summed E-state index contributed by atoms with van der Waals surface area (Å²) in [4.78, 5) is 11.9. The van der Waals surface area contributed by atoms with Crippen molar-refractivity contribution < 1.29 is 14.6 Å². The van der Waals surface area contributed by atoms with Crippen LogP contribution in [0.2, 0.25) is 0 Å². The molecule has 2 aliphatic heterocycles. The highest BCUT2D eigenvalue weighted by atomic mass is 16.5. The molecule has 3 heteroatoms. The van der Waals surface area contributed by atoms with Crippen molar-refractivity contribution in [3.63, 3.8) is 0 Å². The summed E-state index contributed by atoms with van der Waals surface area (Å²) in [5.74, 6) is -0.691. The van der Waals surface area contributed by atoms with Crippen LogP contribution in [0.1, 0.15) is 41.5 Å². The van der Waals surface area contributed by atoms with Crippen LogP contribution >= 0.6 is 0 Å². The number of carboxylic acid groups (broad SMARTS) is 1. The van der Waals surface area contributed by atoms with Gasteiger partial charge in [-0.1, -0.05) is 17.7 Å². The molecule has 0 amide bonds. The van der Waals surface area contributed by atoms with Crippen molar-refractivity contribution in [3.05, 3.63) is 34.4 Å². The van der Waals surface area contributed by atoms with E-state index in [9.17, 15) is 9.90 Å². The fourth-order valence-corrected chi connectivity index (χ4v) is 4.09. The second kappa shape index (κ2) is 4.59. The van der Waals surface area contributed by atoms with Gasteiger partial charge in [0.2, 0.25) is 0 Å². The van der Waals surface area contributed by atoms with E-state index in [1.807, 2.05) is 0 Å². The van der Waals surface area contributed by atoms with Crippen LogP contribution in [-0.2, 0) is 16.0 Å². The van der Waals surface area contributed by atoms with Crippen molar-refractivity contribution in [3.8, 4) is 0 Å². The molecule has 2 aliphatic rings. The molecular weight excluding hydrogens is 252 g/mol. The van der Waals surface area contributed by atoms with Crippen LogP contribution in [-0.4, -0.2) is 23.3 Å². The SMILES string of the molecule is Cc1cc(C)c(CC2(C(=O)O)CC3CCC2O3)c(C)c1. The Balaban J connectivity index is 1.98. The van der Waals surface area contributed by atoms with Crippen molar-refractivity contribution >= 4 is 5.97 Å². The predicted molar refractivity (Wildman–Crippen MR) is 76.9 cm³/mol. The molecule has 2 saturated heterocycles. The quantitative estimate of drug-likeness (QED) is 0.921. The monoisotopic (exact) mass is 274 g/mol. The summed E-state index contributed by atoms with van der Waals surface area (Å²) < 4.78 is 5.84. The molecule has 2 fully saturated rings. The fraction of sp³-hybridized carbons (Fsp3) is 0.588. The van der Waals surface area contributed by atoms with E-state index in [1.165, 1.54) is 22.3 Å². The Morgan fingerprint density at radius 2 is 1.95 bits per heavy atom. The molecule has 0 aliphatic carbocycles. The van der Waals surface area contributed by atoms with Crippen molar-refractivity contribution in [2.24, 2.45) is 5.41 Å². The van der Waals surface area contributed by atoms with Crippen LogP contribution in [0.4, 0.5) is 0 Å². The van der Waals surface area contributed by atoms with E-state index in [4.69, 9.17) is 4.74 Å². The van der Waals surface area contributed by atoms with Crippen LogP contribution in [0, 0.1) is 26.2 Å². The summed E-state index contributed by atoms with van der Waals surface area (Å²) in [6.45, 7) is 6.25. The van der Waals surface area contributed by atoms with Crippen LogP contribution in [0.5, 0.6) is 0 Å². The summed E-state index contributed by atoms with van der Waals surface area (Å²) in [7, 11) is 0. The van der Waals surface area contributed by atoms with Crippen molar-refractivity contribution in [1.82, 2.24) is 0 Å². The highest BCUT2D eigenvalue weighted by Crippen LogP contribution is 2.50. The lowest BCUT2D eigenvalue weighted by atomic mass is 9.69. The van der Waals surface area contributed by atoms with Crippen LogP contribution in [0.25, 0.3) is 0 Å². The number of hydrogen-bond donors (Lipinski definition) is 1. The third-order valence-electron chi connectivity index (χ3n) is 5.07. The van der Waals surface area contributed by atoms with Crippen LogP contribution in [0.3, 0.4) is 0 Å². The lowest BCUT2D eigenvalue weighted by molar-refractivity contribution is -0.152. The van der Waals surface area contributed by atoms with E-state index in [0.717, 1.165) is 12.8 Å². The van der Waals surface area contributed by atoms with Gasteiger partial charge in [0.25, 0.3) is 0 Å². The first-order valence-electron chi connectivity index (χ1n) is 7.38. The smallest absolute Gasteiger partial charge is 0.312 e. The number of aliphatic carboxylic acids is 1. The molecule has 3 unspecified atom stereocenters. The standard InChI is InChI=1S/C17H22O3/c1-10-6-11(2)14(12(3)7-10)9-17(16(18)19)8-13-4-5-15(17)20-13/h6-7,13,15H,4-5,8-9H2,1-3H3,(H,18,19). The Morgan fingerprint density at radius 3 is 2.40 bits per heavy atom. The largest absolute Gasteiger partial charge is 0.481 e. The summed E-state index contributed by atoms with van der Waals surface area (Å²) >= 11 is 0. The fourth-order valence-electron chi connectivity index (χ4n) is 4.09. The first-order chi connectivity index (χ1) is 9.42. The zero-order valence-corrected chi connectivity index (χ0v) is 12.4. The number of hydrogen-bond acceptors (Lipinski definition) is 2. The maximum Gasteiger partial charge on any atom is 0.312 e. The molecule has 1 aromatic carbocycles. The molecule has 0 saturated carbocycles. The second-order valence-corrected chi connectivity index (χ2v) is 6.54. The second-order valence-electron chi connectivity index (χ2n) is 6.54. The van der Waals surface area contributed by atoms with Gasteiger partial charge in [0, 0.05) is 0 Å². The molecule has 2 bridgehead atoms. The molecule has 3 nitrogen and oxygen atoms in total. The molecular formula is C17H22O3. The Labute approximate surface area is 120 Å². The van der Waals surface area contributed by atoms with Gasteiger partial charge in [-0.2, -0.15) is 0 Å². The zero-order chi connectivity index (χ0) is 14.5. The van der Waals surface area contributed by atoms with Crippen molar-refractivity contribution in [2.45, 2.75) is 58.7 Å². The minimum Gasteiger partial charge on any atom is -0.481 e. The molecule has 2 heterocycles. The number of fused-ring (bicyclic) bond motifs is 2. The maximum atomic E-state index is 11.9. The zero-order valence-electron chi connectivity index (χ0n) is 12.4. The maximum absolute atomic E-state index is 11.9. The molecule has 1 N–H and O–H groups in total. The van der Waals surface area contributed by atoms with Crippen LogP contribution in [0.15, 0.2) is 12.1 Å². The lowest BCUT2D eigenvalue weighted by Crippen LogP contribution is -2.42. The summed E-state index contributed by atoms with van der Waals surface area (Å²) in [5, 5.41) is 9.80. The minimum atomic E-state index is -0.715. The molecule has 20 heavy (non-hydrogen) atoms. The van der Waals surface area contributed by atoms with Gasteiger partial charge in [-0.3, -0.25) is 4.79 Å². The Morgan fingerprint density at radius 1 is 1.30 bits per heavy atom. The average Bonchev–Trinajstić information content (AvgIpc) is 2.94. The van der Waals surface area contributed by atoms with Gasteiger partial charge < -0.3 is 9.84 Å². The highest BCUT2D eigenvalue weighted by molar-refractivity contribution is 5.77. The minimum absolute atomic E-state index is 0.106. The summed E-state index contributed by atoms with van der Waals surface area (Å²) in [6.07, 6.45) is 3.22. The van der Waals surface area contributed by atoms with E-state index in [-0.39, 0.29) is 12.2 Å². The van der Waals surface area contributed by atoms with E-state index in [1.54, 1.807) is 0 Å². The van der Waals surface area contributed by atoms with Crippen molar-refractivity contribution in [1.29, 1.82) is 0 Å². The van der Waals surface area contributed by atoms with E-state index < -0.39 is 11.4 Å². The summed E-state index contributed by atoms with van der Waals surface area (Å²) in [6, 6.07) is 4.29. The number of rotatable bonds is 3. The third kappa shape index (κ3) is 1.96. The van der Waals surface area contributed by atoms with Crippen molar-refractivity contribution in [2.75, 3.05) is 0 Å². The highest BCUT2D eigenvalue weighted by Gasteiger charge is 2.57. The van der Waals surface area contributed by atoms with Gasteiger partial charge in [-0.05, 0) is 63.1 Å². The Bertz CT molecular complexity index is 540. The normalized spacial score (nSPS) is 31.8. The molecule has 0 aromatic heterocycles. The topological polar surface area (TPSA) is 46.5 Å². The Kier molecular flexibility index (Phi) is 3.13. The van der Waals surface area contributed by atoms with Gasteiger partial charge >= 0.3 is 5.97 Å². The van der Waals surface area contributed by atoms with Gasteiger partial charge in [0.05, 0.1) is 12.2 Å². The molecule has 0 radical (unpaired) electrons. The summed E-state index contributed by atoms with van der Waals surface area (Å²) in [5.41, 5.74) is 4.11. The molecule has 3 atom stereocenters. The average molecular weight is 274 g/mol. The number of carbonyl (C=O) groups is 1. The predicted octanol–water partition coefficient (Wildman–Crippen LogP) is 3.18. The molecule has 1 aromatic rings. The van der Waals surface area contributed by atoms with Crippen LogP contribution < -0.4 is 0 Å². The molecule has 3 rings (SSSR count). The number of aryl methyl sites for hydroxylation is 3. The van der Waals surface area contributed by atoms with E-state index in [2.05, 4.69) is 32.9 Å². The number of benzene rings is 1. The number of carboxylic acids is 1. The molecule has 0 spiro atoms. The Hall–Kier alpha value is -1.35. The van der Waals surface area contributed by atoms with Gasteiger partial charge in [-0.25, -0.2) is 0 Å². The van der Waals surface area contributed by atoms with E-state index in [0.29, 0.717) is 12.8 Å². The van der Waals surface area contributed by atoms with Gasteiger partial charge in [0.1, 0.15) is 5.41 Å². The van der Waals surface area contributed by atoms with Gasteiger partial charge in [-0.15, -0.1) is 0 Å². The lowest BCUT2D eigenvalue weighted by Gasteiger charge is -2.32. The first kappa shape index (κ1) is 13.6. The van der Waals surface area contributed by atoms with E-state index >= 15 is 0 Å². The molecule has 108 valence electrons.